The van der Waals surface area contributed by atoms with Gasteiger partial charge >= 0.3 is 5.97 Å². The summed E-state index contributed by atoms with van der Waals surface area (Å²) < 4.78 is 0. The van der Waals surface area contributed by atoms with Gasteiger partial charge in [-0.3, -0.25) is 0 Å². The fraction of sp³-hybridized carbons (Fsp3) is 0. The van der Waals surface area contributed by atoms with Crippen LogP contribution < -0.4 is 0 Å². The Morgan fingerprint density at radius 1 is 1.29 bits per heavy atom. The van der Waals surface area contributed by atoms with E-state index in [0.717, 1.165) is 4.90 Å². The Kier molecular flexibility index (Phi) is 3.66. The van der Waals surface area contributed by atoms with Crippen molar-refractivity contribution in [3.63, 3.8) is 0 Å². The maximum Gasteiger partial charge on any atom is 0.355 e. The fourth-order valence-corrected chi connectivity index (χ4v) is 2.52. The second-order valence-electron chi connectivity index (χ2n) is 3.21. The molecule has 0 radical (unpaired) electrons. The molecule has 0 aliphatic rings. The maximum atomic E-state index is 11.0. The molecule has 5 heteroatoms. The number of carboxylic acids is 1. The highest BCUT2D eigenvalue weighted by atomic mass is 35.5. The van der Waals surface area contributed by atoms with Gasteiger partial charge in [0.05, 0.1) is 0 Å². The van der Waals surface area contributed by atoms with Crippen molar-refractivity contribution >= 4 is 29.3 Å². The van der Waals surface area contributed by atoms with Gasteiger partial charge in [-0.1, -0.05) is 29.4 Å². The summed E-state index contributed by atoms with van der Waals surface area (Å²) >= 11 is 7.20. The van der Waals surface area contributed by atoms with Crippen molar-refractivity contribution in [2.75, 3.05) is 0 Å². The van der Waals surface area contributed by atoms with E-state index in [0.29, 0.717) is 9.92 Å². The molecule has 0 spiro atoms. The van der Waals surface area contributed by atoms with Crippen molar-refractivity contribution in [3.05, 3.63) is 53.3 Å². The first-order chi connectivity index (χ1) is 8.16. The minimum absolute atomic E-state index is 0.0532. The lowest BCUT2D eigenvalue weighted by Crippen LogP contribution is -2.01. The number of nitrogens with zero attached hydrogens (tertiary/aromatic N) is 1. The molecule has 3 nitrogen and oxygen atoms in total. The first-order valence-corrected chi connectivity index (χ1v) is 5.98. The SMILES string of the molecule is O=C(O)c1ncccc1Sc1cccc(Cl)c1. The topological polar surface area (TPSA) is 50.2 Å². The number of aromatic carboxylic acids is 1. The monoisotopic (exact) mass is 265 g/mol. The van der Waals surface area contributed by atoms with Crippen LogP contribution in [0.4, 0.5) is 0 Å². The molecule has 1 aromatic heterocycles. The van der Waals surface area contributed by atoms with Crippen molar-refractivity contribution in [1.29, 1.82) is 0 Å². The van der Waals surface area contributed by atoms with Crippen LogP contribution in [0.3, 0.4) is 0 Å². The van der Waals surface area contributed by atoms with Gasteiger partial charge in [0.25, 0.3) is 0 Å². The van der Waals surface area contributed by atoms with Crippen molar-refractivity contribution < 1.29 is 9.90 Å². The number of hydrogen-bond donors (Lipinski definition) is 1. The van der Waals surface area contributed by atoms with E-state index in [2.05, 4.69) is 4.98 Å². The van der Waals surface area contributed by atoms with Crippen LogP contribution >= 0.6 is 23.4 Å². The normalized spacial score (nSPS) is 10.2. The van der Waals surface area contributed by atoms with Gasteiger partial charge in [-0.05, 0) is 30.3 Å². The van der Waals surface area contributed by atoms with Gasteiger partial charge < -0.3 is 5.11 Å². The molecule has 86 valence electrons. The summed E-state index contributed by atoms with van der Waals surface area (Å²) in [6.07, 6.45) is 1.46. The molecule has 2 aromatic rings. The molecule has 0 bridgehead atoms. The summed E-state index contributed by atoms with van der Waals surface area (Å²) in [4.78, 5) is 16.3. The van der Waals surface area contributed by atoms with Gasteiger partial charge in [0.2, 0.25) is 0 Å². The summed E-state index contributed by atoms with van der Waals surface area (Å²) in [6.45, 7) is 0. The predicted molar refractivity (Wildman–Crippen MR) is 66.8 cm³/mol. The molecule has 0 saturated heterocycles. The number of benzene rings is 1. The Labute approximate surface area is 107 Å². The summed E-state index contributed by atoms with van der Waals surface area (Å²) in [5.74, 6) is -1.03. The number of aromatic nitrogens is 1. The average molecular weight is 266 g/mol. The van der Waals surface area contributed by atoms with Crippen LogP contribution in [0.25, 0.3) is 0 Å². The van der Waals surface area contributed by atoms with Crippen LogP contribution in [0, 0.1) is 0 Å². The predicted octanol–water partition coefficient (Wildman–Crippen LogP) is 3.58. The Morgan fingerprint density at radius 3 is 2.82 bits per heavy atom. The molecular formula is C12H8ClNO2S. The zero-order chi connectivity index (χ0) is 12.3. The molecular weight excluding hydrogens is 258 g/mol. The van der Waals surface area contributed by atoms with E-state index in [-0.39, 0.29) is 5.69 Å². The quantitative estimate of drug-likeness (QED) is 0.921. The molecule has 0 aliphatic carbocycles. The van der Waals surface area contributed by atoms with Gasteiger partial charge in [0.1, 0.15) is 0 Å². The van der Waals surface area contributed by atoms with Gasteiger partial charge in [0, 0.05) is 21.0 Å². The minimum Gasteiger partial charge on any atom is -0.476 e. The molecule has 17 heavy (non-hydrogen) atoms. The maximum absolute atomic E-state index is 11.0. The lowest BCUT2D eigenvalue weighted by atomic mass is 10.3. The van der Waals surface area contributed by atoms with Gasteiger partial charge in [0.15, 0.2) is 5.69 Å². The summed E-state index contributed by atoms with van der Waals surface area (Å²) in [7, 11) is 0. The zero-order valence-electron chi connectivity index (χ0n) is 8.63. The van der Waals surface area contributed by atoms with Gasteiger partial charge in [-0.25, -0.2) is 9.78 Å². The number of carbonyl (C=O) groups is 1. The van der Waals surface area contributed by atoms with Crippen LogP contribution in [0.2, 0.25) is 5.02 Å². The van der Waals surface area contributed by atoms with Gasteiger partial charge in [-0.2, -0.15) is 0 Å². The molecule has 0 saturated carbocycles. The molecule has 1 aromatic carbocycles. The summed E-state index contributed by atoms with van der Waals surface area (Å²) in [6, 6.07) is 10.7. The van der Waals surface area contributed by atoms with Crippen LogP contribution in [-0.2, 0) is 0 Å². The van der Waals surface area contributed by atoms with E-state index in [1.807, 2.05) is 12.1 Å². The highest BCUT2D eigenvalue weighted by Crippen LogP contribution is 2.30. The zero-order valence-corrected chi connectivity index (χ0v) is 10.2. The number of carboxylic acid groups (broad SMARTS) is 1. The second-order valence-corrected chi connectivity index (χ2v) is 4.77. The molecule has 2 rings (SSSR count). The summed E-state index contributed by atoms with van der Waals surface area (Å²) in [5.41, 5.74) is 0.0532. The van der Waals surface area contributed by atoms with Crippen molar-refractivity contribution in [3.8, 4) is 0 Å². The Bertz CT molecular complexity index is 560. The lowest BCUT2D eigenvalue weighted by molar-refractivity contribution is 0.0686. The molecule has 1 heterocycles. The average Bonchev–Trinajstić information content (AvgIpc) is 2.29. The van der Waals surface area contributed by atoms with Crippen molar-refractivity contribution in [2.45, 2.75) is 9.79 Å². The summed E-state index contributed by atoms with van der Waals surface area (Å²) in [5, 5.41) is 9.62. The van der Waals surface area contributed by atoms with Crippen LogP contribution in [-0.4, -0.2) is 16.1 Å². The van der Waals surface area contributed by atoms with E-state index in [1.54, 1.807) is 24.3 Å². The van der Waals surface area contributed by atoms with Crippen LogP contribution in [0.5, 0.6) is 0 Å². The van der Waals surface area contributed by atoms with Crippen molar-refractivity contribution in [2.24, 2.45) is 0 Å². The molecule has 0 aliphatic heterocycles. The number of pyridine rings is 1. The number of hydrogen-bond acceptors (Lipinski definition) is 3. The van der Waals surface area contributed by atoms with E-state index in [4.69, 9.17) is 16.7 Å². The van der Waals surface area contributed by atoms with E-state index >= 15 is 0 Å². The van der Waals surface area contributed by atoms with Gasteiger partial charge in [-0.15, -0.1) is 0 Å². The smallest absolute Gasteiger partial charge is 0.355 e. The number of halogens is 1. The highest BCUT2D eigenvalue weighted by molar-refractivity contribution is 7.99. The van der Waals surface area contributed by atoms with E-state index in [1.165, 1.54) is 18.0 Å². The Balaban J connectivity index is 2.33. The van der Waals surface area contributed by atoms with Crippen LogP contribution in [0.1, 0.15) is 10.5 Å². The first-order valence-electron chi connectivity index (χ1n) is 4.78. The third-order valence-electron chi connectivity index (χ3n) is 2.00. The third-order valence-corrected chi connectivity index (χ3v) is 3.27. The minimum atomic E-state index is -1.03. The van der Waals surface area contributed by atoms with Crippen molar-refractivity contribution in [1.82, 2.24) is 4.98 Å². The first kappa shape index (κ1) is 12.0. The largest absolute Gasteiger partial charge is 0.476 e. The molecule has 0 fully saturated rings. The van der Waals surface area contributed by atoms with E-state index < -0.39 is 5.97 Å². The highest BCUT2D eigenvalue weighted by Gasteiger charge is 2.11. The Morgan fingerprint density at radius 2 is 2.12 bits per heavy atom. The molecule has 1 N–H and O–H groups in total. The molecule has 0 unspecified atom stereocenters. The molecule has 0 atom stereocenters. The lowest BCUT2D eigenvalue weighted by Gasteiger charge is -2.04. The third kappa shape index (κ3) is 2.99. The number of rotatable bonds is 3. The van der Waals surface area contributed by atoms with Crippen LogP contribution in [0.15, 0.2) is 52.4 Å². The Hall–Kier alpha value is -1.52. The fourth-order valence-electron chi connectivity index (χ4n) is 1.29. The molecule has 0 amide bonds. The second kappa shape index (κ2) is 5.21. The van der Waals surface area contributed by atoms with E-state index in [9.17, 15) is 4.79 Å². The standard InChI is InChI=1S/C12H8ClNO2S/c13-8-3-1-4-9(7-8)17-10-5-2-6-14-11(10)12(15)16/h1-7H,(H,15,16).